The SMILES string of the molecule is CN(C)S(=O)(=O)CC(N)C(=O)NC(CCCc1ccccc1)B1O[C@@H]2C[C@@H]3C[C@@H](C3(C)C)[C@]2(C)O1.Cc1ccc(S(=O)(=O)O)cc1. The van der Waals surface area contributed by atoms with E-state index in [0.717, 1.165) is 35.6 Å². The summed E-state index contributed by atoms with van der Waals surface area (Å²) in [7, 11) is -5.35. The number of aryl methyl sites for hydroxylation is 2. The quantitative estimate of drug-likeness (QED) is 0.239. The maximum atomic E-state index is 13.0. The molecule has 2 aromatic rings. The maximum absolute atomic E-state index is 13.0. The van der Waals surface area contributed by atoms with Crippen LogP contribution in [-0.2, 0) is 40.7 Å². The first kappa shape index (κ1) is 36.5. The summed E-state index contributed by atoms with van der Waals surface area (Å²) in [5.74, 6) is -0.326. The van der Waals surface area contributed by atoms with Gasteiger partial charge in [-0.25, -0.2) is 12.7 Å². The van der Waals surface area contributed by atoms with Gasteiger partial charge >= 0.3 is 7.12 Å². The molecule has 2 unspecified atom stereocenters. The molecule has 0 spiro atoms. The zero-order valence-corrected chi connectivity index (χ0v) is 29.2. The van der Waals surface area contributed by atoms with Crippen molar-refractivity contribution in [2.24, 2.45) is 23.0 Å². The Morgan fingerprint density at radius 1 is 1.07 bits per heavy atom. The number of rotatable bonds is 11. The molecule has 2 bridgehead atoms. The van der Waals surface area contributed by atoms with Crippen LogP contribution >= 0.6 is 0 Å². The molecule has 4 N–H and O–H groups in total. The molecule has 0 aromatic heterocycles. The summed E-state index contributed by atoms with van der Waals surface area (Å²) in [4.78, 5) is 12.9. The number of nitrogens with two attached hydrogens (primary N) is 1. The molecule has 1 aliphatic heterocycles. The van der Waals surface area contributed by atoms with Crippen molar-refractivity contribution >= 4 is 33.2 Å². The van der Waals surface area contributed by atoms with E-state index in [1.54, 1.807) is 12.1 Å². The number of benzene rings is 2. The van der Waals surface area contributed by atoms with Crippen LogP contribution in [0.4, 0.5) is 0 Å². The summed E-state index contributed by atoms with van der Waals surface area (Å²) in [6.45, 7) is 8.62. The van der Waals surface area contributed by atoms with Gasteiger partial charge in [-0.15, -0.1) is 0 Å². The van der Waals surface area contributed by atoms with E-state index >= 15 is 0 Å². The lowest BCUT2D eigenvalue weighted by Gasteiger charge is -2.64. The summed E-state index contributed by atoms with van der Waals surface area (Å²) in [6.07, 6.45) is 4.43. The van der Waals surface area contributed by atoms with E-state index in [0.29, 0.717) is 18.3 Å². The molecule has 3 saturated carbocycles. The predicted molar refractivity (Wildman–Crippen MR) is 178 cm³/mol. The first-order valence-electron chi connectivity index (χ1n) is 15.7. The zero-order valence-electron chi connectivity index (χ0n) is 27.5. The minimum absolute atomic E-state index is 0.000549. The molecular weight excluding hydrogens is 629 g/mol. The largest absolute Gasteiger partial charge is 0.481 e. The Hall–Kier alpha value is -2.33. The third kappa shape index (κ3) is 8.20. The molecule has 6 rings (SSSR count). The second kappa shape index (κ2) is 14.0. The summed E-state index contributed by atoms with van der Waals surface area (Å²) >= 11 is 0. The number of sulfonamides is 1. The van der Waals surface area contributed by atoms with Crippen molar-refractivity contribution < 1.29 is 35.5 Å². The van der Waals surface area contributed by atoms with Gasteiger partial charge in [-0.2, -0.15) is 8.42 Å². The van der Waals surface area contributed by atoms with Gasteiger partial charge < -0.3 is 20.4 Å². The number of hydrogen-bond acceptors (Lipinski definition) is 8. The van der Waals surface area contributed by atoms with Crippen LogP contribution in [0.2, 0.25) is 0 Å². The second-order valence-corrected chi connectivity index (χ2v) is 17.4. The Morgan fingerprint density at radius 2 is 1.70 bits per heavy atom. The van der Waals surface area contributed by atoms with Crippen LogP contribution < -0.4 is 11.1 Å². The number of carbonyl (C=O) groups is 1. The fourth-order valence-corrected chi connectivity index (χ4v) is 8.35. The average molecular weight is 678 g/mol. The van der Waals surface area contributed by atoms with Crippen LogP contribution in [0.25, 0.3) is 0 Å². The van der Waals surface area contributed by atoms with E-state index in [1.807, 2.05) is 25.1 Å². The van der Waals surface area contributed by atoms with Gasteiger partial charge in [0.15, 0.2) is 0 Å². The van der Waals surface area contributed by atoms with Crippen LogP contribution in [0, 0.1) is 24.2 Å². The summed E-state index contributed by atoms with van der Waals surface area (Å²) in [5.41, 5.74) is 8.03. The Morgan fingerprint density at radius 3 is 2.26 bits per heavy atom. The van der Waals surface area contributed by atoms with E-state index in [1.165, 1.54) is 31.8 Å². The second-order valence-electron chi connectivity index (χ2n) is 13.8. The third-order valence-electron chi connectivity index (χ3n) is 10.1. The molecule has 1 saturated heterocycles. The normalized spacial score (nSPS) is 26.3. The standard InChI is InChI=1S/C25H40BN3O5S.C7H8O3S/c1-24(2)18-14-20(24)25(3)21(15-18)33-26(34-25)22(13-9-12-17-10-7-6-8-11-17)28-23(30)19(27)16-35(31,32)29(4)5;1-6-2-4-7(5-3-6)11(8,9)10/h6-8,10-11,18-22H,9,12-16,27H2,1-5H3,(H,28,30);2-5H,1H3,(H,8,9,10)/t18-,19?,20-,21+,22?,25-;/m0./s1. The Labute approximate surface area is 274 Å². The molecular formula is C32H48BN3O8S2. The van der Waals surface area contributed by atoms with Crippen molar-refractivity contribution in [3.05, 3.63) is 65.7 Å². The van der Waals surface area contributed by atoms with Crippen molar-refractivity contribution in [2.75, 3.05) is 19.8 Å². The van der Waals surface area contributed by atoms with Crippen molar-refractivity contribution in [3.63, 3.8) is 0 Å². The van der Waals surface area contributed by atoms with Crippen molar-refractivity contribution in [1.82, 2.24) is 9.62 Å². The lowest BCUT2D eigenvalue weighted by molar-refractivity contribution is -0.199. The molecule has 11 nitrogen and oxygen atoms in total. The molecule has 4 aliphatic rings. The number of nitrogens with zero attached hydrogens (tertiary/aromatic N) is 1. The van der Waals surface area contributed by atoms with Crippen molar-refractivity contribution in [2.45, 2.75) is 88.4 Å². The van der Waals surface area contributed by atoms with E-state index < -0.39 is 50.9 Å². The predicted octanol–water partition coefficient (Wildman–Crippen LogP) is 3.22. The van der Waals surface area contributed by atoms with Gasteiger partial charge in [-0.3, -0.25) is 9.35 Å². The zero-order chi connectivity index (χ0) is 34.1. The number of amides is 1. The Bertz CT molecular complexity index is 1570. The average Bonchev–Trinajstić information content (AvgIpc) is 3.34. The van der Waals surface area contributed by atoms with Crippen LogP contribution in [-0.4, -0.2) is 82.3 Å². The lowest BCUT2D eigenvalue weighted by atomic mass is 9.43. The topological polar surface area (TPSA) is 165 Å². The first-order chi connectivity index (χ1) is 21.3. The Kier molecular flexibility index (Phi) is 11.1. The highest BCUT2D eigenvalue weighted by Gasteiger charge is 2.68. The number of carbonyl (C=O) groups excluding carboxylic acids is 1. The summed E-state index contributed by atoms with van der Waals surface area (Å²) in [5, 5.41) is 2.99. The molecule has 14 heteroatoms. The minimum atomic E-state index is -4.02. The fourth-order valence-electron chi connectivity index (χ4n) is 6.97. The van der Waals surface area contributed by atoms with Crippen molar-refractivity contribution in [3.8, 4) is 0 Å². The van der Waals surface area contributed by atoms with Gasteiger partial charge in [0.1, 0.15) is 0 Å². The highest BCUT2D eigenvalue weighted by molar-refractivity contribution is 7.89. The van der Waals surface area contributed by atoms with Gasteiger partial charge in [0.05, 0.1) is 34.3 Å². The Balaban J connectivity index is 0.000000369. The van der Waals surface area contributed by atoms with E-state index in [2.05, 4.69) is 38.2 Å². The van der Waals surface area contributed by atoms with Gasteiger partial charge in [-0.05, 0) is 80.9 Å². The smallest absolute Gasteiger partial charge is 0.404 e. The molecule has 1 heterocycles. The van der Waals surface area contributed by atoms with Crippen molar-refractivity contribution in [1.29, 1.82) is 0 Å². The van der Waals surface area contributed by atoms with Crippen LogP contribution in [0.15, 0.2) is 59.5 Å². The maximum Gasteiger partial charge on any atom is 0.481 e. The lowest BCUT2D eigenvalue weighted by Crippen LogP contribution is -2.65. The van der Waals surface area contributed by atoms with Crippen LogP contribution in [0.1, 0.15) is 57.6 Å². The van der Waals surface area contributed by atoms with E-state index in [-0.39, 0.29) is 22.0 Å². The van der Waals surface area contributed by atoms with E-state index in [4.69, 9.17) is 19.6 Å². The minimum Gasteiger partial charge on any atom is -0.404 e. The first-order valence-corrected chi connectivity index (χ1v) is 18.8. The molecule has 3 aliphatic carbocycles. The molecule has 2 aromatic carbocycles. The summed E-state index contributed by atoms with van der Waals surface area (Å²) < 4.78 is 68.2. The molecule has 1 amide bonds. The number of nitrogens with one attached hydrogen (secondary N) is 1. The van der Waals surface area contributed by atoms with Gasteiger partial charge in [0.25, 0.3) is 10.1 Å². The van der Waals surface area contributed by atoms with E-state index in [9.17, 15) is 21.6 Å². The van der Waals surface area contributed by atoms with Gasteiger partial charge in [-0.1, -0.05) is 61.9 Å². The molecule has 0 radical (unpaired) electrons. The van der Waals surface area contributed by atoms with Crippen LogP contribution in [0.3, 0.4) is 0 Å². The highest BCUT2D eigenvalue weighted by Crippen LogP contribution is 2.65. The van der Waals surface area contributed by atoms with Gasteiger partial charge in [0, 0.05) is 14.1 Å². The van der Waals surface area contributed by atoms with Crippen LogP contribution in [0.5, 0.6) is 0 Å². The van der Waals surface area contributed by atoms with Gasteiger partial charge in [0.2, 0.25) is 15.9 Å². The highest BCUT2D eigenvalue weighted by atomic mass is 32.2. The number of hydrogen-bond donors (Lipinski definition) is 3. The fraction of sp³-hybridized carbons (Fsp3) is 0.594. The molecule has 6 atom stereocenters. The third-order valence-corrected chi connectivity index (χ3v) is 12.8. The summed E-state index contributed by atoms with van der Waals surface area (Å²) in [6, 6.07) is 15.0. The molecule has 254 valence electrons. The monoisotopic (exact) mass is 677 g/mol. The molecule has 46 heavy (non-hydrogen) atoms. The molecule has 4 fully saturated rings.